The van der Waals surface area contributed by atoms with Crippen molar-refractivity contribution < 1.29 is 14.3 Å². The first kappa shape index (κ1) is 17.1. The summed E-state index contributed by atoms with van der Waals surface area (Å²) in [6, 6.07) is 7.31. The van der Waals surface area contributed by atoms with Crippen molar-refractivity contribution in [3.8, 4) is 5.75 Å². The SMILES string of the molecule is CC(C)(C)OC(=O)N1CCCC1.COc1cccc(N)c1. The van der Waals surface area contributed by atoms with Crippen LogP contribution in [0.3, 0.4) is 0 Å². The highest BCUT2D eigenvalue weighted by Gasteiger charge is 2.23. The summed E-state index contributed by atoms with van der Waals surface area (Å²) >= 11 is 0. The number of ether oxygens (including phenoxy) is 2. The molecular weight excluding hydrogens is 268 g/mol. The molecule has 1 amide bonds. The molecule has 1 fully saturated rings. The van der Waals surface area contributed by atoms with Gasteiger partial charge in [-0.05, 0) is 45.7 Å². The van der Waals surface area contributed by atoms with Gasteiger partial charge in [0.1, 0.15) is 11.4 Å². The van der Waals surface area contributed by atoms with Crippen molar-refractivity contribution >= 4 is 11.8 Å². The molecule has 0 saturated carbocycles. The van der Waals surface area contributed by atoms with Gasteiger partial charge < -0.3 is 20.1 Å². The van der Waals surface area contributed by atoms with E-state index in [1.165, 1.54) is 0 Å². The summed E-state index contributed by atoms with van der Waals surface area (Å²) in [7, 11) is 1.62. The molecule has 1 aromatic carbocycles. The summed E-state index contributed by atoms with van der Waals surface area (Å²) in [6.45, 7) is 7.38. The highest BCUT2D eigenvalue weighted by atomic mass is 16.6. The summed E-state index contributed by atoms with van der Waals surface area (Å²) in [5.41, 5.74) is 5.82. The van der Waals surface area contributed by atoms with Crippen molar-refractivity contribution in [3.05, 3.63) is 24.3 Å². The Hall–Kier alpha value is -1.91. The van der Waals surface area contributed by atoms with Crippen LogP contribution in [0.1, 0.15) is 33.6 Å². The van der Waals surface area contributed by atoms with Crippen LogP contribution in [0.25, 0.3) is 0 Å². The molecule has 1 aliphatic rings. The minimum absolute atomic E-state index is 0.167. The second kappa shape index (κ2) is 7.76. The second-order valence-corrected chi connectivity index (χ2v) is 5.95. The molecule has 0 radical (unpaired) electrons. The predicted molar refractivity (Wildman–Crippen MR) is 84.4 cm³/mol. The Kier molecular flexibility index (Phi) is 6.34. The first-order chi connectivity index (χ1) is 9.81. The van der Waals surface area contributed by atoms with E-state index in [1.807, 2.05) is 39.0 Å². The molecule has 21 heavy (non-hydrogen) atoms. The first-order valence-electron chi connectivity index (χ1n) is 7.19. The Bertz CT molecular complexity index is 449. The van der Waals surface area contributed by atoms with E-state index in [2.05, 4.69) is 0 Å². The molecule has 1 saturated heterocycles. The van der Waals surface area contributed by atoms with E-state index in [-0.39, 0.29) is 11.7 Å². The van der Waals surface area contributed by atoms with Crippen LogP contribution in [0.15, 0.2) is 24.3 Å². The summed E-state index contributed by atoms with van der Waals surface area (Å²) in [4.78, 5) is 13.1. The van der Waals surface area contributed by atoms with Crippen LogP contribution in [0.5, 0.6) is 5.75 Å². The molecule has 1 aliphatic heterocycles. The van der Waals surface area contributed by atoms with Gasteiger partial charge in [0.25, 0.3) is 0 Å². The van der Waals surface area contributed by atoms with Crippen molar-refractivity contribution in [2.45, 2.75) is 39.2 Å². The number of benzene rings is 1. The summed E-state index contributed by atoms with van der Waals surface area (Å²) in [5.74, 6) is 0.801. The Labute approximate surface area is 127 Å². The van der Waals surface area contributed by atoms with Crippen LogP contribution < -0.4 is 10.5 Å². The van der Waals surface area contributed by atoms with Crippen LogP contribution in [0.4, 0.5) is 10.5 Å². The van der Waals surface area contributed by atoms with Gasteiger partial charge in [-0.15, -0.1) is 0 Å². The minimum Gasteiger partial charge on any atom is -0.497 e. The lowest BCUT2D eigenvalue weighted by Crippen LogP contribution is -2.34. The van der Waals surface area contributed by atoms with E-state index in [9.17, 15) is 4.79 Å². The van der Waals surface area contributed by atoms with E-state index in [0.29, 0.717) is 0 Å². The van der Waals surface area contributed by atoms with Gasteiger partial charge in [0.05, 0.1) is 7.11 Å². The van der Waals surface area contributed by atoms with Gasteiger partial charge >= 0.3 is 6.09 Å². The average Bonchev–Trinajstić information content (AvgIpc) is 2.91. The third-order valence-corrected chi connectivity index (χ3v) is 2.85. The molecule has 5 heteroatoms. The van der Waals surface area contributed by atoms with Crippen molar-refractivity contribution in [1.82, 2.24) is 4.90 Å². The average molecular weight is 294 g/mol. The number of nitrogens with zero attached hydrogens (tertiary/aromatic N) is 1. The van der Waals surface area contributed by atoms with Gasteiger partial charge in [-0.1, -0.05) is 6.07 Å². The highest BCUT2D eigenvalue weighted by Crippen LogP contribution is 2.14. The molecule has 0 aromatic heterocycles. The Morgan fingerprint density at radius 1 is 1.24 bits per heavy atom. The van der Waals surface area contributed by atoms with Crippen molar-refractivity contribution in [2.75, 3.05) is 25.9 Å². The number of rotatable bonds is 1. The lowest BCUT2D eigenvalue weighted by Gasteiger charge is -2.23. The predicted octanol–water partition coefficient (Wildman–Crippen LogP) is 3.29. The number of amides is 1. The maximum atomic E-state index is 11.4. The molecule has 1 heterocycles. The Morgan fingerprint density at radius 3 is 2.29 bits per heavy atom. The van der Waals surface area contributed by atoms with Crippen molar-refractivity contribution in [1.29, 1.82) is 0 Å². The van der Waals surface area contributed by atoms with E-state index >= 15 is 0 Å². The lowest BCUT2D eigenvalue weighted by atomic mass is 10.2. The zero-order valence-electron chi connectivity index (χ0n) is 13.4. The Balaban J connectivity index is 0.000000219. The Morgan fingerprint density at radius 2 is 1.86 bits per heavy atom. The second-order valence-electron chi connectivity index (χ2n) is 5.95. The largest absolute Gasteiger partial charge is 0.497 e. The number of hydrogen-bond acceptors (Lipinski definition) is 4. The van der Waals surface area contributed by atoms with E-state index in [4.69, 9.17) is 15.2 Å². The van der Waals surface area contributed by atoms with Crippen LogP contribution in [0.2, 0.25) is 0 Å². The van der Waals surface area contributed by atoms with Gasteiger partial charge in [-0.25, -0.2) is 4.79 Å². The molecule has 0 aliphatic carbocycles. The smallest absolute Gasteiger partial charge is 0.410 e. The molecule has 1 aromatic rings. The molecule has 0 spiro atoms. The van der Waals surface area contributed by atoms with E-state index in [0.717, 1.165) is 37.4 Å². The fraction of sp³-hybridized carbons (Fsp3) is 0.562. The standard InChI is InChI=1S/C9H17NO2.C7H9NO/c1-9(2,3)12-8(11)10-6-4-5-7-10;1-9-7-4-2-3-6(8)5-7/h4-7H2,1-3H3;2-5H,8H2,1H3. The number of nitrogens with two attached hydrogens (primary N) is 1. The van der Waals surface area contributed by atoms with Crippen LogP contribution in [-0.2, 0) is 4.74 Å². The van der Waals surface area contributed by atoms with E-state index in [1.54, 1.807) is 18.1 Å². The van der Waals surface area contributed by atoms with Gasteiger partial charge in [0.15, 0.2) is 0 Å². The highest BCUT2D eigenvalue weighted by molar-refractivity contribution is 5.68. The van der Waals surface area contributed by atoms with Gasteiger partial charge in [-0.3, -0.25) is 0 Å². The summed E-state index contributed by atoms with van der Waals surface area (Å²) in [6.07, 6.45) is 2.05. The van der Waals surface area contributed by atoms with Gasteiger partial charge in [-0.2, -0.15) is 0 Å². The van der Waals surface area contributed by atoms with Crippen LogP contribution in [0, 0.1) is 0 Å². The third kappa shape index (κ3) is 6.88. The third-order valence-electron chi connectivity index (χ3n) is 2.85. The normalized spacial score (nSPS) is 14.2. The number of anilines is 1. The molecule has 2 rings (SSSR count). The monoisotopic (exact) mass is 294 g/mol. The molecule has 0 bridgehead atoms. The first-order valence-corrected chi connectivity index (χ1v) is 7.19. The van der Waals surface area contributed by atoms with Crippen LogP contribution in [-0.4, -0.2) is 36.8 Å². The number of carbonyl (C=O) groups is 1. The topological polar surface area (TPSA) is 64.8 Å². The number of carbonyl (C=O) groups excluding carboxylic acids is 1. The molecule has 0 unspecified atom stereocenters. The molecule has 5 nitrogen and oxygen atoms in total. The van der Waals surface area contributed by atoms with Gasteiger partial charge in [0.2, 0.25) is 0 Å². The fourth-order valence-electron chi connectivity index (χ4n) is 1.87. The van der Waals surface area contributed by atoms with E-state index < -0.39 is 0 Å². The molecular formula is C16H26N2O3. The van der Waals surface area contributed by atoms with Crippen molar-refractivity contribution in [2.24, 2.45) is 0 Å². The van der Waals surface area contributed by atoms with Crippen LogP contribution >= 0.6 is 0 Å². The molecule has 0 atom stereocenters. The number of hydrogen-bond donors (Lipinski definition) is 1. The zero-order valence-corrected chi connectivity index (χ0v) is 13.4. The zero-order chi connectivity index (χ0) is 15.9. The maximum absolute atomic E-state index is 11.4. The quantitative estimate of drug-likeness (QED) is 0.807. The lowest BCUT2D eigenvalue weighted by molar-refractivity contribution is 0.0295. The van der Waals surface area contributed by atoms with Gasteiger partial charge in [0, 0.05) is 24.8 Å². The minimum atomic E-state index is -0.361. The summed E-state index contributed by atoms with van der Waals surface area (Å²) in [5, 5.41) is 0. The van der Waals surface area contributed by atoms with Crippen molar-refractivity contribution in [3.63, 3.8) is 0 Å². The maximum Gasteiger partial charge on any atom is 0.410 e. The molecule has 2 N–H and O–H groups in total. The number of nitrogen functional groups attached to an aromatic ring is 1. The fourth-order valence-corrected chi connectivity index (χ4v) is 1.87. The summed E-state index contributed by atoms with van der Waals surface area (Å²) < 4.78 is 10.1. The number of methoxy groups -OCH3 is 1. The molecule has 118 valence electrons. The number of likely N-dealkylation sites (tertiary alicyclic amines) is 1.